The number of esters is 1. The molecule has 0 aromatic heterocycles. The van der Waals surface area contributed by atoms with E-state index in [1.54, 1.807) is 11.8 Å². The van der Waals surface area contributed by atoms with Gasteiger partial charge in [0.1, 0.15) is 0 Å². The van der Waals surface area contributed by atoms with Gasteiger partial charge in [-0.1, -0.05) is 0 Å². The molecular weight excluding hydrogens is 216 g/mol. The summed E-state index contributed by atoms with van der Waals surface area (Å²) < 4.78 is 9.87. The van der Waals surface area contributed by atoms with Gasteiger partial charge < -0.3 is 14.4 Å². The van der Waals surface area contributed by atoms with E-state index in [2.05, 4.69) is 0 Å². The molecule has 90 valence electrons. The molecule has 0 aliphatic carbocycles. The van der Waals surface area contributed by atoms with E-state index in [4.69, 9.17) is 9.47 Å². The summed E-state index contributed by atoms with van der Waals surface area (Å²) in [6.07, 6.45) is 0.684. The van der Waals surface area contributed by atoms with Gasteiger partial charge in [-0.15, -0.1) is 0 Å². The van der Waals surface area contributed by atoms with Gasteiger partial charge in [0.15, 0.2) is 5.70 Å². The molecule has 0 aromatic rings. The highest BCUT2D eigenvalue weighted by atomic mass is 16.6. The molecule has 0 saturated carbocycles. The van der Waals surface area contributed by atoms with Gasteiger partial charge in [-0.2, -0.15) is 0 Å². The predicted octanol–water partition coefficient (Wildman–Crippen LogP) is -0.000200. The lowest BCUT2D eigenvalue weighted by Gasteiger charge is -2.28. The Kier molecular flexibility index (Phi) is 4.71. The summed E-state index contributed by atoms with van der Waals surface area (Å²) in [4.78, 5) is 22.9. The molecule has 0 amide bonds. The molecule has 1 heterocycles. The first-order chi connectivity index (χ1) is 7.65. The first kappa shape index (κ1) is 12.4. The van der Waals surface area contributed by atoms with E-state index in [1.807, 2.05) is 0 Å². The van der Waals surface area contributed by atoms with Crippen LogP contribution in [0.15, 0.2) is 11.9 Å². The number of hydrogen-bond donors (Lipinski definition) is 0. The summed E-state index contributed by atoms with van der Waals surface area (Å²) in [7, 11) is 0. The quantitative estimate of drug-likeness (QED) is 0.292. The fraction of sp³-hybridized carbons (Fsp3) is 0.667. The SMILES string of the molecule is CCOC(=O)C(=C[N+](=O)[O-])N1CCOCC1. The summed E-state index contributed by atoms with van der Waals surface area (Å²) >= 11 is 0. The Labute approximate surface area is 92.8 Å². The van der Waals surface area contributed by atoms with Crippen LogP contribution in [0.2, 0.25) is 0 Å². The zero-order valence-corrected chi connectivity index (χ0v) is 9.05. The molecule has 1 rings (SSSR count). The number of ether oxygens (including phenoxy) is 2. The van der Waals surface area contributed by atoms with Gasteiger partial charge in [-0.05, 0) is 6.92 Å². The Morgan fingerprint density at radius 3 is 2.69 bits per heavy atom. The fourth-order valence-corrected chi connectivity index (χ4v) is 1.37. The highest BCUT2D eigenvalue weighted by Crippen LogP contribution is 2.09. The summed E-state index contributed by atoms with van der Waals surface area (Å²) in [6, 6.07) is 0. The number of carbonyl (C=O) groups excluding carboxylic acids is 1. The number of carbonyl (C=O) groups is 1. The monoisotopic (exact) mass is 230 g/mol. The first-order valence-corrected chi connectivity index (χ1v) is 5.00. The second kappa shape index (κ2) is 6.06. The molecule has 0 N–H and O–H groups in total. The van der Waals surface area contributed by atoms with Crippen LogP contribution < -0.4 is 0 Å². The average Bonchev–Trinajstić information content (AvgIpc) is 2.27. The van der Waals surface area contributed by atoms with E-state index >= 15 is 0 Å². The molecular formula is C9H14N2O5. The second-order valence-corrected chi connectivity index (χ2v) is 3.12. The molecule has 0 spiro atoms. The van der Waals surface area contributed by atoms with E-state index in [0.29, 0.717) is 32.5 Å². The molecule has 0 bridgehead atoms. The van der Waals surface area contributed by atoms with Crippen molar-refractivity contribution in [3.8, 4) is 0 Å². The minimum Gasteiger partial charge on any atom is -0.461 e. The largest absolute Gasteiger partial charge is 0.461 e. The van der Waals surface area contributed by atoms with Crippen LogP contribution in [0, 0.1) is 10.1 Å². The van der Waals surface area contributed by atoms with Crippen LogP contribution in [0.5, 0.6) is 0 Å². The molecule has 0 atom stereocenters. The highest BCUT2D eigenvalue weighted by molar-refractivity contribution is 5.87. The summed E-state index contributed by atoms with van der Waals surface area (Å²) in [5, 5.41) is 10.4. The van der Waals surface area contributed by atoms with Crippen LogP contribution in [0.4, 0.5) is 0 Å². The van der Waals surface area contributed by atoms with Crippen LogP contribution in [-0.4, -0.2) is 48.7 Å². The Morgan fingerprint density at radius 1 is 1.56 bits per heavy atom. The molecule has 0 radical (unpaired) electrons. The Hall–Kier alpha value is -1.63. The smallest absolute Gasteiger partial charge is 0.361 e. The van der Waals surface area contributed by atoms with Crippen molar-refractivity contribution in [3.05, 3.63) is 22.0 Å². The van der Waals surface area contributed by atoms with Crippen molar-refractivity contribution in [1.29, 1.82) is 0 Å². The summed E-state index contributed by atoms with van der Waals surface area (Å²) in [5.74, 6) is -0.666. The third kappa shape index (κ3) is 3.50. The van der Waals surface area contributed by atoms with E-state index in [1.165, 1.54) is 0 Å². The maximum absolute atomic E-state index is 11.5. The Morgan fingerprint density at radius 2 is 2.19 bits per heavy atom. The zero-order chi connectivity index (χ0) is 12.0. The van der Waals surface area contributed by atoms with Crippen molar-refractivity contribution in [2.24, 2.45) is 0 Å². The summed E-state index contributed by atoms with van der Waals surface area (Å²) in [5.41, 5.74) is -0.0184. The van der Waals surface area contributed by atoms with E-state index in [-0.39, 0.29) is 12.3 Å². The highest BCUT2D eigenvalue weighted by Gasteiger charge is 2.24. The zero-order valence-electron chi connectivity index (χ0n) is 9.05. The Bertz CT molecular complexity index is 296. The third-order valence-corrected chi connectivity index (χ3v) is 2.06. The third-order valence-electron chi connectivity index (χ3n) is 2.06. The number of nitrogens with zero attached hydrogens (tertiary/aromatic N) is 2. The van der Waals surface area contributed by atoms with E-state index in [9.17, 15) is 14.9 Å². The lowest BCUT2D eigenvalue weighted by molar-refractivity contribution is -0.404. The Balaban J connectivity index is 2.77. The van der Waals surface area contributed by atoms with Gasteiger partial charge in [0.25, 0.3) is 6.20 Å². The van der Waals surface area contributed by atoms with Crippen molar-refractivity contribution in [1.82, 2.24) is 4.90 Å². The molecule has 1 aliphatic rings. The predicted molar refractivity (Wildman–Crippen MR) is 54.1 cm³/mol. The number of nitro groups is 1. The topological polar surface area (TPSA) is 81.9 Å². The number of hydrogen-bond acceptors (Lipinski definition) is 6. The maximum atomic E-state index is 11.5. The molecule has 7 nitrogen and oxygen atoms in total. The second-order valence-electron chi connectivity index (χ2n) is 3.12. The van der Waals surface area contributed by atoms with Crippen molar-refractivity contribution in [2.45, 2.75) is 6.92 Å². The van der Waals surface area contributed by atoms with Crippen LogP contribution >= 0.6 is 0 Å². The molecule has 1 saturated heterocycles. The maximum Gasteiger partial charge on any atom is 0.361 e. The lowest BCUT2D eigenvalue weighted by Crippen LogP contribution is -2.38. The van der Waals surface area contributed by atoms with E-state index < -0.39 is 10.9 Å². The van der Waals surface area contributed by atoms with Crippen LogP contribution in [0.25, 0.3) is 0 Å². The number of morpholine rings is 1. The molecule has 16 heavy (non-hydrogen) atoms. The van der Waals surface area contributed by atoms with Crippen molar-refractivity contribution in [2.75, 3.05) is 32.9 Å². The van der Waals surface area contributed by atoms with E-state index in [0.717, 1.165) is 0 Å². The van der Waals surface area contributed by atoms with Gasteiger partial charge in [-0.3, -0.25) is 10.1 Å². The minimum absolute atomic E-state index is 0.0184. The van der Waals surface area contributed by atoms with Crippen molar-refractivity contribution in [3.63, 3.8) is 0 Å². The molecule has 1 fully saturated rings. The first-order valence-electron chi connectivity index (χ1n) is 5.00. The lowest BCUT2D eigenvalue weighted by atomic mass is 10.3. The number of rotatable bonds is 4. The van der Waals surface area contributed by atoms with Gasteiger partial charge >= 0.3 is 5.97 Å². The molecule has 7 heteroatoms. The van der Waals surface area contributed by atoms with Gasteiger partial charge in [-0.25, -0.2) is 4.79 Å². The molecule has 1 aliphatic heterocycles. The van der Waals surface area contributed by atoms with Crippen LogP contribution in [0.3, 0.4) is 0 Å². The average molecular weight is 230 g/mol. The molecule has 0 aromatic carbocycles. The van der Waals surface area contributed by atoms with Gasteiger partial charge in [0.05, 0.1) is 24.7 Å². The van der Waals surface area contributed by atoms with Crippen LogP contribution in [-0.2, 0) is 14.3 Å². The standard InChI is InChI=1S/C9H14N2O5/c1-2-16-9(12)8(7-11(13)14)10-3-5-15-6-4-10/h7H,2-6H2,1H3. The van der Waals surface area contributed by atoms with Crippen molar-refractivity contribution < 1.29 is 19.2 Å². The minimum atomic E-state index is -0.666. The normalized spacial score (nSPS) is 17.1. The fourth-order valence-electron chi connectivity index (χ4n) is 1.37. The van der Waals surface area contributed by atoms with Gasteiger partial charge in [0, 0.05) is 13.1 Å². The van der Waals surface area contributed by atoms with Crippen molar-refractivity contribution >= 4 is 5.97 Å². The molecule has 0 unspecified atom stereocenters. The summed E-state index contributed by atoms with van der Waals surface area (Å²) in [6.45, 7) is 3.67. The van der Waals surface area contributed by atoms with Gasteiger partial charge in [0.2, 0.25) is 0 Å². The van der Waals surface area contributed by atoms with Crippen LogP contribution in [0.1, 0.15) is 6.92 Å².